The molecule has 1 atom stereocenters. The third-order valence-electron chi connectivity index (χ3n) is 2.75. The van der Waals surface area contributed by atoms with Gasteiger partial charge in [0, 0.05) is 18.3 Å². The van der Waals surface area contributed by atoms with Crippen LogP contribution >= 0.6 is 23.4 Å². The molecule has 1 unspecified atom stereocenters. The minimum absolute atomic E-state index is 0.261. The van der Waals surface area contributed by atoms with Crippen LogP contribution in [-0.2, 0) is 4.74 Å². The van der Waals surface area contributed by atoms with Gasteiger partial charge in [0.2, 0.25) is 11.2 Å². The number of nitrogens with zero attached hydrogens (tertiary/aromatic N) is 4. The van der Waals surface area contributed by atoms with Crippen LogP contribution in [0.4, 0.5) is 5.95 Å². The minimum atomic E-state index is 0.261. The van der Waals surface area contributed by atoms with Crippen molar-refractivity contribution in [3.63, 3.8) is 0 Å². The molecule has 0 aliphatic carbocycles. The van der Waals surface area contributed by atoms with Gasteiger partial charge in [0.15, 0.2) is 5.16 Å². The number of anilines is 1. The number of morpholine rings is 1. The predicted molar refractivity (Wildman–Crippen MR) is 73.5 cm³/mol. The molecule has 100 valence electrons. The first-order valence-electron chi connectivity index (χ1n) is 6.10. The average molecular weight is 289 g/mol. The summed E-state index contributed by atoms with van der Waals surface area (Å²) < 4.78 is 5.31. The van der Waals surface area contributed by atoms with Crippen molar-refractivity contribution in [1.82, 2.24) is 15.0 Å². The normalized spacial score (nSPS) is 17.8. The van der Waals surface area contributed by atoms with E-state index in [2.05, 4.69) is 33.7 Å². The highest BCUT2D eigenvalue weighted by molar-refractivity contribution is 7.99. The molecule has 1 aromatic heterocycles. The van der Waals surface area contributed by atoms with Crippen molar-refractivity contribution >= 4 is 29.3 Å². The van der Waals surface area contributed by atoms with E-state index in [0.29, 0.717) is 29.6 Å². The Bertz CT molecular complexity index is 401. The highest BCUT2D eigenvalue weighted by Gasteiger charge is 2.16. The van der Waals surface area contributed by atoms with Crippen LogP contribution in [0.1, 0.15) is 20.3 Å². The smallest absolute Gasteiger partial charge is 0.230 e. The van der Waals surface area contributed by atoms with Crippen LogP contribution in [0.5, 0.6) is 0 Å². The van der Waals surface area contributed by atoms with E-state index in [4.69, 9.17) is 16.3 Å². The number of halogens is 1. The molecule has 0 amide bonds. The molecule has 0 spiro atoms. The molecule has 1 aromatic rings. The van der Waals surface area contributed by atoms with E-state index in [1.807, 2.05) is 0 Å². The highest BCUT2D eigenvalue weighted by Crippen LogP contribution is 2.24. The molecule has 1 aliphatic rings. The lowest BCUT2D eigenvalue weighted by Gasteiger charge is -2.26. The molecule has 1 fully saturated rings. The van der Waals surface area contributed by atoms with E-state index >= 15 is 0 Å². The summed E-state index contributed by atoms with van der Waals surface area (Å²) in [4.78, 5) is 14.9. The largest absolute Gasteiger partial charge is 0.378 e. The molecule has 0 saturated carbocycles. The minimum Gasteiger partial charge on any atom is -0.378 e. The fourth-order valence-electron chi connectivity index (χ4n) is 1.54. The van der Waals surface area contributed by atoms with E-state index in [0.717, 1.165) is 19.5 Å². The number of aromatic nitrogens is 3. The Labute approximate surface area is 116 Å². The van der Waals surface area contributed by atoms with Crippen molar-refractivity contribution < 1.29 is 4.74 Å². The van der Waals surface area contributed by atoms with E-state index in [1.54, 1.807) is 11.8 Å². The van der Waals surface area contributed by atoms with Gasteiger partial charge in [-0.1, -0.05) is 25.6 Å². The zero-order valence-electron chi connectivity index (χ0n) is 10.6. The lowest BCUT2D eigenvalue weighted by atomic mass is 10.4. The average Bonchev–Trinajstić information content (AvgIpc) is 2.39. The summed E-state index contributed by atoms with van der Waals surface area (Å²) in [7, 11) is 0. The number of hydrogen-bond donors (Lipinski definition) is 0. The van der Waals surface area contributed by atoms with Crippen LogP contribution in [0, 0.1) is 0 Å². The third-order valence-corrected chi connectivity index (χ3v) is 4.05. The van der Waals surface area contributed by atoms with E-state index in [9.17, 15) is 0 Å². The van der Waals surface area contributed by atoms with Crippen molar-refractivity contribution in [2.75, 3.05) is 31.2 Å². The Kier molecular flexibility index (Phi) is 5.03. The van der Waals surface area contributed by atoms with Crippen molar-refractivity contribution in [1.29, 1.82) is 0 Å². The summed E-state index contributed by atoms with van der Waals surface area (Å²) in [6, 6.07) is 0. The van der Waals surface area contributed by atoms with Gasteiger partial charge in [0.05, 0.1) is 13.2 Å². The first-order valence-corrected chi connectivity index (χ1v) is 7.35. The summed E-state index contributed by atoms with van der Waals surface area (Å²) in [6.45, 7) is 7.30. The monoisotopic (exact) mass is 288 g/mol. The van der Waals surface area contributed by atoms with Gasteiger partial charge in [0.1, 0.15) is 0 Å². The molecule has 0 bridgehead atoms. The van der Waals surface area contributed by atoms with Crippen molar-refractivity contribution in [2.45, 2.75) is 30.7 Å². The Morgan fingerprint density at radius 2 is 2.06 bits per heavy atom. The maximum atomic E-state index is 5.96. The second-order valence-electron chi connectivity index (χ2n) is 4.12. The molecule has 0 aromatic carbocycles. The third kappa shape index (κ3) is 3.70. The van der Waals surface area contributed by atoms with Crippen molar-refractivity contribution in [3.05, 3.63) is 5.28 Å². The summed E-state index contributed by atoms with van der Waals surface area (Å²) in [5.41, 5.74) is 0. The van der Waals surface area contributed by atoms with Crippen LogP contribution in [-0.4, -0.2) is 46.5 Å². The summed E-state index contributed by atoms with van der Waals surface area (Å²) in [5.74, 6) is 0.657. The predicted octanol–water partition coefficient (Wildman–Crippen LogP) is 2.25. The molecule has 5 nitrogen and oxygen atoms in total. The maximum absolute atomic E-state index is 5.96. The number of hydrogen-bond acceptors (Lipinski definition) is 6. The Morgan fingerprint density at radius 3 is 2.72 bits per heavy atom. The summed E-state index contributed by atoms with van der Waals surface area (Å²) in [6.07, 6.45) is 1.07. The Morgan fingerprint density at radius 1 is 1.33 bits per heavy atom. The Hall–Kier alpha value is -0.590. The summed E-state index contributed by atoms with van der Waals surface area (Å²) >= 11 is 7.59. The van der Waals surface area contributed by atoms with Gasteiger partial charge >= 0.3 is 0 Å². The first kappa shape index (κ1) is 13.8. The molecule has 18 heavy (non-hydrogen) atoms. The van der Waals surface area contributed by atoms with Crippen LogP contribution in [0.15, 0.2) is 5.16 Å². The molecule has 0 radical (unpaired) electrons. The molecule has 1 aliphatic heterocycles. The molecular weight excluding hydrogens is 272 g/mol. The van der Waals surface area contributed by atoms with E-state index in [1.165, 1.54) is 0 Å². The van der Waals surface area contributed by atoms with Crippen molar-refractivity contribution in [2.24, 2.45) is 0 Å². The lowest BCUT2D eigenvalue weighted by molar-refractivity contribution is 0.122. The van der Waals surface area contributed by atoms with Gasteiger partial charge in [-0.3, -0.25) is 0 Å². The Balaban J connectivity index is 2.14. The fraction of sp³-hybridized carbons (Fsp3) is 0.727. The van der Waals surface area contributed by atoms with Crippen molar-refractivity contribution in [3.8, 4) is 0 Å². The van der Waals surface area contributed by atoms with Gasteiger partial charge in [0.25, 0.3) is 0 Å². The van der Waals surface area contributed by atoms with Gasteiger partial charge in [-0.05, 0) is 18.0 Å². The second kappa shape index (κ2) is 6.54. The van der Waals surface area contributed by atoms with Gasteiger partial charge < -0.3 is 9.64 Å². The molecule has 2 rings (SSSR count). The molecular formula is C11H17ClN4OS. The zero-order chi connectivity index (χ0) is 13.0. The second-order valence-corrected chi connectivity index (χ2v) is 5.87. The van der Waals surface area contributed by atoms with Gasteiger partial charge in [-0.25, -0.2) is 0 Å². The SMILES string of the molecule is CCC(C)Sc1nc(Cl)nc(N2CCOCC2)n1. The molecule has 0 N–H and O–H groups in total. The first-order chi connectivity index (χ1) is 8.69. The van der Waals surface area contributed by atoms with Crippen LogP contribution in [0.3, 0.4) is 0 Å². The zero-order valence-corrected chi connectivity index (χ0v) is 12.2. The highest BCUT2D eigenvalue weighted by atomic mass is 35.5. The standard InChI is InChI=1S/C11H17ClN4OS/c1-3-8(2)18-11-14-9(12)13-10(15-11)16-4-6-17-7-5-16/h8H,3-7H2,1-2H3. The topological polar surface area (TPSA) is 51.1 Å². The molecule has 7 heteroatoms. The van der Waals surface area contributed by atoms with Gasteiger partial charge in [-0.2, -0.15) is 15.0 Å². The van der Waals surface area contributed by atoms with Gasteiger partial charge in [-0.15, -0.1) is 0 Å². The molecule has 2 heterocycles. The number of rotatable bonds is 4. The summed E-state index contributed by atoms with van der Waals surface area (Å²) in [5, 5.41) is 1.43. The van der Waals surface area contributed by atoms with Crippen LogP contribution < -0.4 is 4.90 Å². The number of thioether (sulfide) groups is 1. The molecule has 1 saturated heterocycles. The van der Waals surface area contributed by atoms with E-state index < -0.39 is 0 Å². The fourth-order valence-corrected chi connectivity index (χ4v) is 2.55. The number of ether oxygens (including phenoxy) is 1. The van der Waals surface area contributed by atoms with E-state index in [-0.39, 0.29) is 5.28 Å². The van der Waals surface area contributed by atoms with Crippen LogP contribution in [0.2, 0.25) is 5.28 Å². The maximum Gasteiger partial charge on any atom is 0.230 e. The quantitative estimate of drug-likeness (QED) is 0.792. The van der Waals surface area contributed by atoms with Crippen LogP contribution in [0.25, 0.3) is 0 Å². The lowest BCUT2D eigenvalue weighted by Crippen LogP contribution is -2.37.